The van der Waals surface area contributed by atoms with Crippen molar-refractivity contribution in [3.05, 3.63) is 28.8 Å². The van der Waals surface area contributed by atoms with Crippen LogP contribution >= 0.6 is 11.6 Å². The van der Waals surface area contributed by atoms with Gasteiger partial charge in [0.2, 0.25) is 0 Å². The number of aliphatic hydroxyl groups is 1. The molecule has 0 saturated heterocycles. The molecule has 0 bridgehead atoms. The number of rotatable bonds is 7. The Kier molecular flexibility index (Phi) is 6.63. The van der Waals surface area contributed by atoms with Crippen LogP contribution in [-0.2, 0) is 6.54 Å². The first-order valence-corrected chi connectivity index (χ1v) is 7.16. The van der Waals surface area contributed by atoms with Gasteiger partial charge in [-0.3, -0.25) is 0 Å². The third-order valence-corrected chi connectivity index (χ3v) is 3.59. The Morgan fingerprint density at radius 2 is 2.00 bits per heavy atom. The second-order valence-electron chi connectivity index (χ2n) is 5.44. The summed E-state index contributed by atoms with van der Waals surface area (Å²) in [5.41, 5.74) is 2.13. The Labute approximate surface area is 121 Å². The summed E-state index contributed by atoms with van der Waals surface area (Å²) in [5, 5.41) is 13.3. The Balaban J connectivity index is 2.69. The molecular weight excluding hydrogens is 260 g/mol. The fraction of sp³-hybridized carbons (Fsp3) is 0.600. The van der Waals surface area contributed by atoms with E-state index in [0.29, 0.717) is 5.92 Å². The van der Waals surface area contributed by atoms with E-state index < -0.39 is 0 Å². The van der Waals surface area contributed by atoms with Crippen molar-refractivity contribution in [2.75, 3.05) is 25.1 Å². The number of benzene rings is 1. The van der Waals surface area contributed by atoms with Crippen molar-refractivity contribution in [3.63, 3.8) is 0 Å². The molecule has 1 rings (SSSR count). The molecule has 0 aliphatic heterocycles. The molecule has 0 heterocycles. The lowest BCUT2D eigenvalue weighted by atomic mass is 10.1. The summed E-state index contributed by atoms with van der Waals surface area (Å²) >= 11 is 6.31. The standard InChI is InChI=1S/C15H25ClN2O/c1-11(2)8-17-9-13-5-6-14(7-15(13)16)18(4)12(3)10-19/h5-7,11-12,17,19H,8-10H2,1-4H3. The van der Waals surface area contributed by atoms with Gasteiger partial charge in [-0.1, -0.05) is 31.5 Å². The maximum absolute atomic E-state index is 9.17. The van der Waals surface area contributed by atoms with E-state index >= 15 is 0 Å². The van der Waals surface area contributed by atoms with Crippen LogP contribution in [0.15, 0.2) is 18.2 Å². The quantitative estimate of drug-likeness (QED) is 0.808. The highest BCUT2D eigenvalue weighted by Gasteiger charge is 2.10. The maximum Gasteiger partial charge on any atom is 0.0632 e. The lowest BCUT2D eigenvalue weighted by Crippen LogP contribution is -2.31. The minimum Gasteiger partial charge on any atom is -0.394 e. The summed E-state index contributed by atoms with van der Waals surface area (Å²) < 4.78 is 0. The van der Waals surface area contributed by atoms with E-state index in [2.05, 4.69) is 19.2 Å². The molecule has 2 N–H and O–H groups in total. The number of hydrogen-bond acceptors (Lipinski definition) is 3. The van der Waals surface area contributed by atoms with Gasteiger partial charge >= 0.3 is 0 Å². The molecule has 0 aliphatic rings. The lowest BCUT2D eigenvalue weighted by Gasteiger charge is -2.26. The third kappa shape index (κ3) is 5.01. The number of likely N-dealkylation sites (N-methyl/N-ethyl adjacent to an activating group) is 1. The fourth-order valence-corrected chi connectivity index (χ4v) is 2.01. The molecule has 0 spiro atoms. The highest BCUT2D eigenvalue weighted by molar-refractivity contribution is 6.31. The van der Waals surface area contributed by atoms with Crippen LogP contribution in [0.5, 0.6) is 0 Å². The van der Waals surface area contributed by atoms with E-state index in [-0.39, 0.29) is 12.6 Å². The molecule has 108 valence electrons. The highest BCUT2D eigenvalue weighted by Crippen LogP contribution is 2.24. The van der Waals surface area contributed by atoms with Gasteiger partial charge < -0.3 is 15.3 Å². The Bertz CT molecular complexity index is 396. The Morgan fingerprint density at radius 1 is 1.32 bits per heavy atom. The van der Waals surface area contributed by atoms with E-state index in [1.807, 2.05) is 37.1 Å². The monoisotopic (exact) mass is 284 g/mol. The molecular formula is C15H25ClN2O. The van der Waals surface area contributed by atoms with E-state index in [1.54, 1.807) is 0 Å². The van der Waals surface area contributed by atoms with Crippen molar-refractivity contribution in [3.8, 4) is 0 Å². The summed E-state index contributed by atoms with van der Waals surface area (Å²) in [5.74, 6) is 0.634. The largest absolute Gasteiger partial charge is 0.394 e. The molecule has 0 aliphatic carbocycles. The van der Waals surface area contributed by atoms with E-state index in [4.69, 9.17) is 11.6 Å². The zero-order chi connectivity index (χ0) is 14.4. The van der Waals surface area contributed by atoms with Crippen LogP contribution in [0, 0.1) is 5.92 Å². The van der Waals surface area contributed by atoms with Crippen molar-refractivity contribution in [2.45, 2.75) is 33.4 Å². The van der Waals surface area contributed by atoms with Crippen molar-refractivity contribution in [1.29, 1.82) is 0 Å². The minimum atomic E-state index is 0.0842. The Hall–Kier alpha value is -0.770. The van der Waals surface area contributed by atoms with Gasteiger partial charge in [0.25, 0.3) is 0 Å². The Morgan fingerprint density at radius 3 is 2.53 bits per heavy atom. The molecule has 1 unspecified atom stereocenters. The first kappa shape index (κ1) is 16.3. The summed E-state index contributed by atoms with van der Waals surface area (Å²) in [6.45, 7) is 8.25. The summed E-state index contributed by atoms with van der Waals surface area (Å²) in [6.07, 6.45) is 0. The van der Waals surface area contributed by atoms with Crippen molar-refractivity contribution >= 4 is 17.3 Å². The topological polar surface area (TPSA) is 35.5 Å². The number of nitrogens with one attached hydrogen (secondary N) is 1. The van der Waals surface area contributed by atoms with Crippen LogP contribution in [0.25, 0.3) is 0 Å². The van der Waals surface area contributed by atoms with Gasteiger partial charge in [0.1, 0.15) is 0 Å². The normalized spacial score (nSPS) is 12.8. The van der Waals surface area contributed by atoms with Crippen LogP contribution in [0.1, 0.15) is 26.3 Å². The minimum absolute atomic E-state index is 0.0842. The summed E-state index contributed by atoms with van der Waals surface area (Å²) in [6, 6.07) is 6.14. The maximum atomic E-state index is 9.17. The lowest BCUT2D eigenvalue weighted by molar-refractivity contribution is 0.270. The average molecular weight is 285 g/mol. The van der Waals surface area contributed by atoms with Crippen molar-refractivity contribution < 1.29 is 5.11 Å². The molecule has 0 fully saturated rings. The number of anilines is 1. The fourth-order valence-electron chi connectivity index (χ4n) is 1.77. The molecule has 4 heteroatoms. The molecule has 1 atom stereocenters. The molecule has 0 radical (unpaired) electrons. The predicted molar refractivity (Wildman–Crippen MR) is 82.9 cm³/mol. The first-order chi connectivity index (χ1) is 8.95. The van der Waals surface area contributed by atoms with Crippen LogP contribution in [0.4, 0.5) is 5.69 Å². The predicted octanol–water partition coefficient (Wildman–Crippen LogP) is 2.90. The molecule has 0 amide bonds. The van der Waals surface area contributed by atoms with Gasteiger partial charge in [-0.15, -0.1) is 0 Å². The van der Waals surface area contributed by atoms with Crippen LogP contribution in [0.2, 0.25) is 5.02 Å². The smallest absolute Gasteiger partial charge is 0.0632 e. The SMILES string of the molecule is CC(C)CNCc1ccc(N(C)C(C)CO)cc1Cl. The van der Waals surface area contributed by atoms with Gasteiger partial charge in [-0.05, 0) is 37.1 Å². The molecule has 1 aromatic rings. The molecule has 19 heavy (non-hydrogen) atoms. The molecule has 0 saturated carbocycles. The number of hydrogen-bond donors (Lipinski definition) is 2. The van der Waals surface area contributed by atoms with E-state index in [1.165, 1.54) is 0 Å². The van der Waals surface area contributed by atoms with Crippen molar-refractivity contribution in [2.24, 2.45) is 5.92 Å². The van der Waals surface area contributed by atoms with Crippen LogP contribution in [-0.4, -0.2) is 31.3 Å². The molecule has 1 aromatic carbocycles. The van der Waals surface area contributed by atoms with Crippen LogP contribution < -0.4 is 10.2 Å². The zero-order valence-electron chi connectivity index (χ0n) is 12.3. The van der Waals surface area contributed by atoms with E-state index in [9.17, 15) is 5.11 Å². The van der Waals surface area contributed by atoms with Crippen molar-refractivity contribution in [1.82, 2.24) is 5.32 Å². The molecule has 0 aromatic heterocycles. The summed E-state index contributed by atoms with van der Waals surface area (Å²) in [4.78, 5) is 2.03. The van der Waals surface area contributed by atoms with Gasteiger partial charge in [-0.25, -0.2) is 0 Å². The summed E-state index contributed by atoms with van der Waals surface area (Å²) in [7, 11) is 1.96. The number of nitrogens with zero attached hydrogens (tertiary/aromatic N) is 1. The van der Waals surface area contributed by atoms with Gasteiger partial charge in [0.05, 0.1) is 6.61 Å². The van der Waals surface area contributed by atoms with E-state index in [0.717, 1.165) is 29.4 Å². The number of aliphatic hydroxyl groups excluding tert-OH is 1. The first-order valence-electron chi connectivity index (χ1n) is 6.78. The third-order valence-electron chi connectivity index (χ3n) is 3.24. The zero-order valence-corrected chi connectivity index (χ0v) is 13.0. The van der Waals surface area contributed by atoms with Gasteiger partial charge in [-0.2, -0.15) is 0 Å². The van der Waals surface area contributed by atoms with Crippen LogP contribution in [0.3, 0.4) is 0 Å². The second-order valence-corrected chi connectivity index (χ2v) is 5.85. The second kappa shape index (κ2) is 7.73. The molecule has 3 nitrogen and oxygen atoms in total. The number of halogens is 1. The average Bonchev–Trinajstić information content (AvgIpc) is 2.38. The van der Waals surface area contributed by atoms with Gasteiger partial charge in [0, 0.05) is 30.3 Å². The highest BCUT2D eigenvalue weighted by atomic mass is 35.5. The van der Waals surface area contributed by atoms with Gasteiger partial charge in [0.15, 0.2) is 0 Å².